The average Bonchev–Trinajstić information content (AvgIpc) is 2.45. The second kappa shape index (κ2) is 7.10. The third kappa shape index (κ3) is 3.34. The summed E-state index contributed by atoms with van der Waals surface area (Å²) in [6.45, 7) is 2.80. The van der Waals surface area contributed by atoms with Gasteiger partial charge in [0.15, 0.2) is 0 Å². The standard InChI is InChI=1S/C13H14Br2N4O/c1-3-16-11(10-9(15)6-8(14)7-19-10)12-13(20-2)18-5-4-17-12/h4-7,11,16H,3H2,1-2H3. The summed E-state index contributed by atoms with van der Waals surface area (Å²) in [5, 5.41) is 3.36. The Morgan fingerprint density at radius 1 is 1.20 bits per heavy atom. The maximum Gasteiger partial charge on any atom is 0.237 e. The molecule has 1 unspecified atom stereocenters. The third-order valence-corrected chi connectivity index (χ3v) is 3.74. The Labute approximate surface area is 134 Å². The highest BCUT2D eigenvalue weighted by Crippen LogP contribution is 2.31. The van der Waals surface area contributed by atoms with Gasteiger partial charge in [0, 0.05) is 27.5 Å². The van der Waals surface area contributed by atoms with E-state index < -0.39 is 0 Å². The molecule has 0 saturated carbocycles. The van der Waals surface area contributed by atoms with Gasteiger partial charge in [-0.3, -0.25) is 9.97 Å². The number of pyridine rings is 1. The number of halogens is 2. The molecule has 0 aliphatic carbocycles. The monoisotopic (exact) mass is 400 g/mol. The summed E-state index contributed by atoms with van der Waals surface area (Å²) in [5.41, 5.74) is 1.56. The Morgan fingerprint density at radius 2 is 1.95 bits per heavy atom. The van der Waals surface area contributed by atoms with Gasteiger partial charge < -0.3 is 10.1 Å². The molecule has 0 spiro atoms. The van der Waals surface area contributed by atoms with Crippen LogP contribution in [0.2, 0.25) is 0 Å². The first kappa shape index (κ1) is 15.3. The molecule has 0 aliphatic heterocycles. The fourth-order valence-electron chi connectivity index (χ4n) is 1.86. The molecule has 0 aromatic carbocycles. The number of hydrogen-bond acceptors (Lipinski definition) is 5. The van der Waals surface area contributed by atoms with Crippen molar-refractivity contribution >= 4 is 31.9 Å². The quantitative estimate of drug-likeness (QED) is 0.833. The number of ether oxygens (including phenoxy) is 1. The maximum absolute atomic E-state index is 5.29. The second-order valence-electron chi connectivity index (χ2n) is 3.96. The van der Waals surface area contributed by atoms with Gasteiger partial charge in [-0.25, -0.2) is 4.98 Å². The largest absolute Gasteiger partial charge is 0.480 e. The second-order valence-corrected chi connectivity index (χ2v) is 5.73. The molecule has 0 saturated heterocycles. The zero-order valence-corrected chi connectivity index (χ0v) is 14.3. The van der Waals surface area contributed by atoms with E-state index in [1.165, 1.54) is 0 Å². The van der Waals surface area contributed by atoms with Gasteiger partial charge in [-0.15, -0.1) is 0 Å². The van der Waals surface area contributed by atoms with Crippen molar-refractivity contribution in [3.63, 3.8) is 0 Å². The van der Waals surface area contributed by atoms with Crippen LogP contribution in [0.4, 0.5) is 0 Å². The Bertz CT molecular complexity index is 594. The van der Waals surface area contributed by atoms with Crippen molar-refractivity contribution in [2.24, 2.45) is 0 Å². The van der Waals surface area contributed by atoms with E-state index in [0.29, 0.717) is 11.6 Å². The Balaban J connectivity index is 2.50. The van der Waals surface area contributed by atoms with Gasteiger partial charge in [-0.2, -0.15) is 0 Å². The lowest BCUT2D eigenvalue weighted by Gasteiger charge is -2.19. The van der Waals surface area contributed by atoms with Crippen LogP contribution < -0.4 is 10.1 Å². The van der Waals surface area contributed by atoms with Gasteiger partial charge in [0.1, 0.15) is 5.69 Å². The van der Waals surface area contributed by atoms with Crippen molar-refractivity contribution in [3.8, 4) is 5.88 Å². The van der Waals surface area contributed by atoms with E-state index in [2.05, 4.69) is 52.1 Å². The Morgan fingerprint density at radius 3 is 2.60 bits per heavy atom. The summed E-state index contributed by atoms with van der Waals surface area (Å²) in [7, 11) is 1.58. The van der Waals surface area contributed by atoms with Crippen LogP contribution in [0, 0.1) is 0 Å². The van der Waals surface area contributed by atoms with Gasteiger partial charge >= 0.3 is 0 Å². The lowest BCUT2D eigenvalue weighted by molar-refractivity contribution is 0.382. The number of methoxy groups -OCH3 is 1. The van der Waals surface area contributed by atoms with E-state index >= 15 is 0 Å². The van der Waals surface area contributed by atoms with E-state index in [0.717, 1.165) is 21.2 Å². The number of nitrogens with zero attached hydrogens (tertiary/aromatic N) is 3. The van der Waals surface area contributed by atoms with Crippen LogP contribution in [0.15, 0.2) is 33.6 Å². The molecule has 20 heavy (non-hydrogen) atoms. The minimum atomic E-state index is -0.189. The first-order valence-electron chi connectivity index (χ1n) is 6.06. The Kier molecular flexibility index (Phi) is 5.45. The lowest BCUT2D eigenvalue weighted by atomic mass is 10.1. The van der Waals surface area contributed by atoms with E-state index in [1.807, 2.05) is 13.0 Å². The minimum absolute atomic E-state index is 0.189. The van der Waals surface area contributed by atoms with Crippen molar-refractivity contribution in [1.82, 2.24) is 20.3 Å². The molecule has 0 amide bonds. The normalized spacial score (nSPS) is 12.2. The number of hydrogen-bond donors (Lipinski definition) is 1. The lowest BCUT2D eigenvalue weighted by Crippen LogP contribution is -2.25. The van der Waals surface area contributed by atoms with E-state index in [-0.39, 0.29) is 6.04 Å². The van der Waals surface area contributed by atoms with Crippen molar-refractivity contribution in [1.29, 1.82) is 0 Å². The van der Waals surface area contributed by atoms with Crippen LogP contribution in [0.25, 0.3) is 0 Å². The summed E-state index contributed by atoms with van der Waals surface area (Å²) >= 11 is 6.94. The first-order valence-corrected chi connectivity index (χ1v) is 7.65. The van der Waals surface area contributed by atoms with Crippen LogP contribution in [0.5, 0.6) is 5.88 Å². The van der Waals surface area contributed by atoms with Gasteiger partial charge in [0.25, 0.3) is 0 Å². The highest BCUT2D eigenvalue weighted by molar-refractivity contribution is 9.11. The molecule has 106 valence electrons. The van der Waals surface area contributed by atoms with E-state index in [4.69, 9.17) is 4.74 Å². The van der Waals surface area contributed by atoms with Crippen LogP contribution in [-0.4, -0.2) is 28.6 Å². The molecule has 2 rings (SSSR count). The van der Waals surface area contributed by atoms with Gasteiger partial charge in [0.2, 0.25) is 5.88 Å². The van der Waals surface area contributed by atoms with Crippen molar-refractivity contribution in [2.75, 3.05) is 13.7 Å². The highest BCUT2D eigenvalue weighted by atomic mass is 79.9. The van der Waals surface area contributed by atoms with Crippen LogP contribution in [0.3, 0.4) is 0 Å². The molecule has 1 atom stereocenters. The zero-order chi connectivity index (χ0) is 14.5. The smallest absolute Gasteiger partial charge is 0.237 e. The summed E-state index contributed by atoms with van der Waals surface area (Å²) in [4.78, 5) is 13.1. The fraction of sp³-hybridized carbons (Fsp3) is 0.308. The molecule has 0 fully saturated rings. The topological polar surface area (TPSA) is 59.9 Å². The predicted molar refractivity (Wildman–Crippen MR) is 83.7 cm³/mol. The molecule has 2 heterocycles. The predicted octanol–water partition coefficient (Wildman–Crippen LogP) is 3.10. The molecule has 0 radical (unpaired) electrons. The van der Waals surface area contributed by atoms with E-state index in [9.17, 15) is 0 Å². The van der Waals surface area contributed by atoms with Crippen molar-refractivity contribution in [3.05, 3.63) is 45.0 Å². The third-order valence-electron chi connectivity index (χ3n) is 2.68. The minimum Gasteiger partial charge on any atom is -0.480 e. The zero-order valence-electron chi connectivity index (χ0n) is 11.1. The molecular weight excluding hydrogens is 388 g/mol. The first-order chi connectivity index (χ1) is 9.67. The van der Waals surface area contributed by atoms with Gasteiger partial charge in [0.05, 0.1) is 18.8 Å². The number of aromatic nitrogens is 3. The summed E-state index contributed by atoms with van der Waals surface area (Å²) in [6.07, 6.45) is 5.01. The van der Waals surface area contributed by atoms with Gasteiger partial charge in [-0.05, 0) is 44.5 Å². The van der Waals surface area contributed by atoms with Crippen molar-refractivity contribution < 1.29 is 4.74 Å². The molecule has 2 aromatic rings. The molecule has 0 bridgehead atoms. The summed E-state index contributed by atoms with van der Waals surface area (Å²) in [6, 6.07) is 1.77. The molecule has 0 aliphatic rings. The fourth-order valence-corrected chi connectivity index (χ4v) is 3.07. The SMILES string of the molecule is CCNC(c1ncc(Br)cc1Br)c1nccnc1OC. The molecule has 2 aromatic heterocycles. The Hall–Kier alpha value is -1.05. The van der Waals surface area contributed by atoms with Crippen LogP contribution in [-0.2, 0) is 0 Å². The average molecular weight is 402 g/mol. The van der Waals surface area contributed by atoms with Crippen LogP contribution >= 0.6 is 31.9 Å². The number of nitrogens with one attached hydrogen (secondary N) is 1. The van der Waals surface area contributed by atoms with Crippen LogP contribution in [0.1, 0.15) is 24.4 Å². The molecular formula is C13H14Br2N4O. The van der Waals surface area contributed by atoms with E-state index in [1.54, 1.807) is 25.7 Å². The maximum atomic E-state index is 5.29. The summed E-state index contributed by atoms with van der Waals surface area (Å²) in [5.74, 6) is 0.495. The van der Waals surface area contributed by atoms with Crippen molar-refractivity contribution in [2.45, 2.75) is 13.0 Å². The number of rotatable bonds is 5. The molecule has 7 heteroatoms. The molecule has 1 N–H and O–H groups in total. The highest BCUT2D eigenvalue weighted by Gasteiger charge is 2.23. The van der Waals surface area contributed by atoms with Gasteiger partial charge in [-0.1, -0.05) is 6.92 Å². The molecule has 5 nitrogen and oxygen atoms in total. The summed E-state index contributed by atoms with van der Waals surface area (Å²) < 4.78 is 7.10.